The summed E-state index contributed by atoms with van der Waals surface area (Å²) < 4.78 is 29.7. The van der Waals surface area contributed by atoms with E-state index in [0.717, 1.165) is 16.7 Å². The summed E-state index contributed by atoms with van der Waals surface area (Å²) in [5.41, 5.74) is 3.24. The van der Waals surface area contributed by atoms with Crippen molar-refractivity contribution in [3.05, 3.63) is 99.5 Å². The van der Waals surface area contributed by atoms with E-state index in [0.29, 0.717) is 22.1 Å². The fourth-order valence-electron chi connectivity index (χ4n) is 3.19. The molecule has 4 rings (SSSR count). The summed E-state index contributed by atoms with van der Waals surface area (Å²) >= 11 is 6.43. The van der Waals surface area contributed by atoms with Crippen molar-refractivity contribution in [1.29, 1.82) is 0 Å². The highest BCUT2D eigenvalue weighted by Gasteiger charge is 2.25. The molecule has 0 spiro atoms. The second kappa shape index (κ2) is 9.24. The highest BCUT2D eigenvalue weighted by Crippen LogP contribution is 2.38. The van der Waals surface area contributed by atoms with Crippen molar-refractivity contribution in [3.63, 3.8) is 0 Å². The van der Waals surface area contributed by atoms with E-state index in [9.17, 15) is 9.18 Å². The van der Waals surface area contributed by atoms with Crippen molar-refractivity contribution in [2.24, 2.45) is 4.99 Å². The minimum absolute atomic E-state index is 0.154. The maximum Gasteiger partial charge on any atom is 0.363 e. The Labute approximate surface area is 189 Å². The minimum atomic E-state index is -0.546. The Morgan fingerprint density at radius 2 is 1.88 bits per heavy atom. The van der Waals surface area contributed by atoms with E-state index in [1.165, 1.54) is 19.2 Å². The molecule has 7 heteroatoms. The molecule has 0 saturated carbocycles. The molecule has 0 bridgehead atoms. The Kier molecular flexibility index (Phi) is 6.23. The number of benzene rings is 3. The number of ether oxygens (including phenoxy) is 3. The Morgan fingerprint density at radius 3 is 2.59 bits per heavy atom. The summed E-state index contributed by atoms with van der Waals surface area (Å²) in [6.07, 6.45) is 1.58. The lowest BCUT2D eigenvalue weighted by atomic mass is 10.1. The van der Waals surface area contributed by atoms with E-state index >= 15 is 0 Å². The van der Waals surface area contributed by atoms with Gasteiger partial charge in [-0.05, 0) is 60.0 Å². The van der Waals surface area contributed by atoms with Gasteiger partial charge in [0.15, 0.2) is 17.2 Å². The van der Waals surface area contributed by atoms with Gasteiger partial charge in [0.25, 0.3) is 0 Å². The molecule has 1 aliphatic heterocycles. The first-order valence-corrected chi connectivity index (χ1v) is 10.2. The van der Waals surface area contributed by atoms with Gasteiger partial charge in [-0.1, -0.05) is 41.9 Å². The highest BCUT2D eigenvalue weighted by atomic mass is 35.5. The van der Waals surface area contributed by atoms with E-state index in [-0.39, 0.29) is 24.0 Å². The largest absolute Gasteiger partial charge is 0.493 e. The summed E-state index contributed by atoms with van der Waals surface area (Å²) in [7, 11) is 1.49. The molecule has 0 unspecified atom stereocenters. The van der Waals surface area contributed by atoms with Gasteiger partial charge in [-0.25, -0.2) is 14.2 Å². The van der Waals surface area contributed by atoms with Crippen molar-refractivity contribution < 1.29 is 23.4 Å². The number of methoxy groups -OCH3 is 1. The van der Waals surface area contributed by atoms with Gasteiger partial charge in [0.05, 0.1) is 12.1 Å². The predicted molar refractivity (Wildman–Crippen MR) is 121 cm³/mol. The molecule has 1 aliphatic rings. The molecule has 5 nitrogen and oxygen atoms in total. The summed E-state index contributed by atoms with van der Waals surface area (Å²) in [4.78, 5) is 16.7. The van der Waals surface area contributed by atoms with Gasteiger partial charge in [-0.3, -0.25) is 0 Å². The lowest BCUT2D eigenvalue weighted by Crippen LogP contribution is -2.06. The maximum absolute atomic E-state index is 13.1. The van der Waals surface area contributed by atoms with Crippen molar-refractivity contribution in [2.75, 3.05) is 7.11 Å². The molecule has 0 fully saturated rings. The lowest BCUT2D eigenvalue weighted by molar-refractivity contribution is -0.129. The molecule has 3 aromatic rings. The van der Waals surface area contributed by atoms with Crippen LogP contribution in [0.15, 0.2) is 71.4 Å². The minimum Gasteiger partial charge on any atom is -0.493 e. The third kappa shape index (κ3) is 4.65. The van der Waals surface area contributed by atoms with Crippen LogP contribution < -0.4 is 9.47 Å². The van der Waals surface area contributed by atoms with Crippen LogP contribution >= 0.6 is 11.6 Å². The van der Waals surface area contributed by atoms with Gasteiger partial charge < -0.3 is 14.2 Å². The van der Waals surface area contributed by atoms with E-state index in [1.807, 2.05) is 31.2 Å². The first kappa shape index (κ1) is 21.6. The van der Waals surface area contributed by atoms with Crippen LogP contribution in [0.2, 0.25) is 5.02 Å². The third-order valence-electron chi connectivity index (χ3n) is 4.85. The predicted octanol–water partition coefficient (Wildman–Crippen LogP) is 5.72. The van der Waals surface area contributed by atoms with E-state index < -0.39 is 5.97 Å². The summed E-state index contributed by atoms with van der Waals surface area (Å²) in [5, 5.41) is 0.299. The number of cyclic esters (lactones) is 1. The number of hydrogen-bond donors (Lipinski definition) is 0. The number of rotatable bonds is 6. The number of nitrogens with zero attached hydrogens (tertiary/aromatic N) is 1. The first-order valence-electron chi connectivity index (χ1n) is 9.78. The van der Waals surface area contributed by atoms with Gasteiger partial charge >= 0.3 is 5.97 Å². The summed E-state index contributed by atoms with van der Waals surface area (Å²) in [6, 6.07) is 16.8. The SMILES string of the molecule is COc1cc(/C=C2\N=C(c3ccccc3C)OC2=O)cc(Cl)c1OCc1ccc(F)cc1. The Balaban J connectivity index is 1.59. The van der Waals surface area contributed by atoms with Gasteiger partial charge in [0.1, 0.15) is 12.4 Å². The highest BCUT2D eigenvalue weighted by molar-refractivity contribution is 6.32. The number of aliphatic imine (C=N–C) groups is 1. The fourth-order valence-corrected chi connectivity index (χ4v) is 3.47. The number of hydrogen-bond acceptors (Lipinski definition) is 5. The number of esters is 1. The zero-order chi connectivity index (χ0) is 22.7. The Bertz CT molecular complexity index is 1240. The smallest absolute Gasteiger partial charge is 0.363 e. The van der Waals surface area contributed by atoms with E-state index in [2.05, 4.69) is 4.99 Å². The van der Waals surface area contributed by atoms with Gasteiger partial charge in [0.2, 0.25) is 5.90 Å². The number of carbonyl (C=O) groups excluding carboxylic acids is 1. The van der Waals surface area contributed by atoms with Crippen LogP contribution in [0.5, 0.6) is 11.5 Å². The monoisotopic (exact) mass is 451 g/mol. The molecule has 0 radical (unpaired) electrons. The van der Waals surface area contributed by atoms with Crippen molar-refractivity contribution in [3.8, 4) is 11.5 Å². The number of halogens is 2. The molecule has 0 aliphatic carbocycles. The summed E-state index contributed by atoms with van der Waals surface area (Å²) in [5.74, 6) is 0.131. The van der Waals surface area contributed by atoms with Crippen molar-refractivity contribution in [2.45, 2.75) is 13.5 Å². The average Bonchev–Trinajstić information content (AvgIpc) is 3.14. The van der Waals surface area contributed by atoms with Crippen molar-refractivity contribution in [1.82, 2.24) is 0 Å². The number of carbonyl (C=O) groups is 1. The fraction of sp³-hybridized carbons (Fsp3) is 0.120. The van der Waals surface area contributed by atoms with E-state index in [1.54, 1.807) is 30.3 Å². The zero-order valence-corrected chi connectivity index (χ0v) is 18.2. The standard InChI is InChI=1S/C25H19ClFNO4/c1-15-5-3-4-6-19(15)24-28-21(25(29)32-24)12-17-11-20(26)23(22(13-17)30-2)31-14-16-7-9-18(27)10-8-16/h3-13H,14H2,1-2H3/b21-12-. The second-order valence-electron chi connectivity index (χ2n) is 7.10. The molecule has 0 amide bonds. The van der Waals surface area contributed by atoms with Crippen LogP contribution in [-0.2, 0) is 16.1 Å². The third-order valence-corrected chi connectivity index (χ3v) is 5.13. The van der Waals surface area contributed by atoms with Crippen LogP contribution in [0.25, 0.3) is 6.08 Å². The second-order valence-corrected chi connectivity index (χ2v) is 7.51. The number of aryl methyl sites for hydroxylation is 1. The molecular weight excluding hydrogens is 433 g/mol. The quantitative estimate of drug-likeness (QED) is 0.355. The molecule has 32 heavy (non-hydrogen) atoms. The van der Waals surface area contributed by atoms with Crippen LogP contribution in [0.1, 0.15) is 22.3 Å². The average molecular weight is 452 g/mol. The van der Waals surface area contributed by atoms with Crippen molar-refractivity contribution >= 4 is 29.5 Å². The molecular formula is C25H19ClFNO4. The molecule has 1 heterocycles. The lowest BCUT2D eigenvalue weighted by Gasteiger charge is -2.13. The first-order chi connectivity index (χ1) is 15.4. The van der Waals surface area contributed by atoms with Crippen LogP contribution in [0.3, 0.4) is 0 Å². The molecule has 0 saturated heterocycles. The topological polar surface area (TPSA) is 57.1 Å². The molecule has 162 valence electrons. The molecule has 0 atom stereocenters. The van der Waals surface area contributed by atoms with Gasteiger partial charge in [-0.15, -0.1) is 0 Å². The van der Waals surface area contributed by atoms with Crippen LogP contribution in [0.4, 0.5) is 4.39 Å². The van der Waals surface area contributed by atoms with Gasteiger partial charge in [-0.2, -0.15) is 0 Å². The normalized spacial score (nSPS) is 14.3. The van der Waals surface area contributed by atoms with Gasteiger partial charge in [0, 0.05) is 5.56 Å². The molecule has 3 aromatic carbocycles. The van der Waals surface area contributed by atoms with Crippen LogP contribution in [0, 0.1) is 12.7 Å². The zero-order valence-electron chi connectivity index (χ0n) is 17.4. The Morgan fingerprint density at radius 1 is 1.12 bits per heavy atom. The van der Waals surface area contributed by atoms with E-state index in [4.69, 9.17) is 25.8 Å². The molecule has 0 aromatic heterocycles. The Hall–Kier alpha value is -3.64. The maximum atomic E-state index is 13.1. The van der Waals surface area contributed by atoms with Crippen LogP contribution in [-0.4, -0.2) is 19.0 Å². The summed E-state index contributed by atoms with van der Waals surface area (Å²) in [6.45, 7) is 2.11. The molecule has 0 N–H and O–H groups in total.